The Morgan fingerprint density at radius 1 is 1.27 bits per heavy atom. The smallest absolute Gasteiger partial charge is 0.241 e. The monoisotopic (exact) mass is 298 g/mol. The molecule has 0 saturated carbocycles. The van der Waals surface area contributed by atoms with Gasteiger partial charge in [0.2, 0.25) is 11.8 Å². The summed E-state index contributed by atoms with van der Waals surface area (Å²) < 4.78 is 5.77. The summed E-state index contributed by atoms with van der Waals surface area (Å²) in [6, 6.07) is 4.84. The number of ether oxygens (including phenoxy) is 1. The number of carbonyl (C=O) groups is 2. The van der Waals surface area contributed by atoms with Crippen LogP contribution < -0.4 is 4.90 Å². The highest BCUT2D eigenvalue weighted by atomic mass is 16.5. The van der Waals surface area contributed by atoms with E-state index in [0.717, 1.165) is 0 Å². The predicted molar refractivity (Wildman–Crippen MR) is 78.5 cm³/mol. The van der Waals surface area contributed by atoms with Gasteiger partial charge in [0.25, 0.3) is 0 Å². The van der Waals surface area contributed by atoms with E-state index in [1.165, 1.54) is 11.0 Å². The second kappa shape index (κ2) is 4.10. The normalized spacial score (nSPS) is 35.4. The van der Waals surface area contributed by atoms with Gasteiger partial charge < -0.3 is 4.74 Å². The lowest BCUT2D eigenvalue weighted by atomic mass is 9.78. The summed E-state index contributed by atoms with van der Waals surface area (Å²) in [6.45, 7) is 3.58. The summed E-state index contributed by atoms with van der Waals surface area (Å²) in [4.78, 5) is 37.5. The fraction of sp³-hybridized carbons (Fsp3) is 0.375. The molecule has 0 spiro atoms. The number of hydrogen-bond acceptors (Lipinski definition) is 5. The van der Waals surface area contributed by atoms with Crippen LogP contribution in [0.15, 0.2) is 35.5 Å². The van der Waals surface area contributed by atoms with Crippen molar-refractivity contribution in [1.82, 2.24) is 0 Å². The molecule has 4 atom stereocenters. The van der Waals surface area contributed by atoms with Crippen LogP contribution in [0.2, 0.25) is 0 Å². The summed E-state index contributed by atoms with van der Waals surface area (Å²) in [5, 5.41) is 2.94. The molecule has 2 saturated heterocycles. The number of benzene rings is 1. The summed E-state index contributed by atoms with van der Waals surface area (Å²) >= 11 is 0. The van der Waals surface area contributed by atoms with E-state index in [4.69, 9.17) is 4.74 Å². The molecule has 4 unspecified atom stereocenters. The molecule has 2 bridgehead atoms. The molecule has 3 aliphatic rings. The minimum Gasteiger partial charge on any atom is -0.362 e. The van der Waals surface area contributed by atoms with Crippen LogP contribution in [0.4, 0.5) is 11.4 Å². The number of amides is 2. The molecule has 1 aromatic rings. The maximum atomic E-state index is 12.8. The van der Waals surface area contributed by atoms with Crippen molar-refractivity contribution in [1.29, 1.82) is 0 Å². The van der Waals surface area contributed by atoms with Crippen LogP contribution in [0.5, 0.6) is 0 Å². The fourth-order valence-electron chi connectivity index (χ4n) is 3.74. The second-order valence-corrected chi connectivity index (χ2v) is 6.20. The molecule has 6 heteroatoms. The molecular weight excluding hydrogens is 284 g/mol. The van der Waals surface area contributed by atoms with E-state index in [0.29, 0.717) is 11.3 Å². The quantitative estimate of drug-likeness (QED) is 0.476. The summed E-state index contributed by atoms with van der Waals surface area (Å²) in [7, 11) is 0. The first kappa shape index (κ1) is 13.3. The minimum atomic E-state index is -0.715. The Hall–Kier alpha value is -2.34. The van der Waals surface area contributed by atoms with Crippen molar-refractivity contribution in [2.24, 2.45) is 17.0 Å². The third-order valence-corrected chi connectivity index (χ3v) is 4.88. The number of imide groups is 1. The van der Waals surface area contributed by atoms with Gasteiger partial charge in [0.15, 0.2) is 0 Å². The Morgan fingerprint density at radius 2 is 2.05 bits per heavy atom. The molecule has 3 heterocycles. The SMILES string of the molecule is Cc1ccc(N2C(=O)C3C4C=CC(C)(O4)C3C2=O)cc1N=O. The molecule has 0 N–H and O–H groups in total. The van der Waals surface area contributed by atoms with Gasteiger partial charge >= 0.3 is 0 Å². The van der Waals surface area contributed by atoms with Crippen molar-refractivity contribution >= 4 is 23.2 Å². The van der Waals surface area contributed by atoms with Gasteiger partial charge in [-0.2, -0.15) is 0 Å². The molecule has 0 radical (unpaired) electrons. The van der Waals surface area contributed by atoms with E-state index in [2.05, 4.69) is 5.18 Å². The first-order chi connectivity index (χ1) is 10.5. The van der Waals surface area contributed by atoms with E-state index >= 15 is 0 Å². The number of nitroso groups, excluding NO2 is 1. The Labute approximate surface area is 126 Å². The third-order valence-electron chi connectivity index (χ3n) is 4.88. The molecule has 4 rings (SSSR count). The van der Waals surface area contributed by atoms with Crippen molar-refractivity contribution in [2.45, 2.75) is 25.6 Å². The van der Waals surface area contributed by atoms with Crippen molar-refractivity contribution in [2.75, 3.05) is 4.90 Å². The molecule has 0 aliphatic carbocycles. The minimum absolute atomic E-state index is 0.235. The van der Waals surface area contributed by atoms with Gasteiger partial charge in [0.05, 0.1) is 29.2 Å². The van der Waals surface area contributed by atoms with Gasteiger partial charge in [-0.25, -0.2) is 4.90 Å². The number of nitrogens with zero attached hydrogens (tertiary/aromatic N) is 2. The van der Waals surface area contributed by atoms with Gasteiger partial charge in [-0.15, -0.1) is 4.91 Å². The average Bonchev–Trinajstić information content (AvgIpc) is 3.09. The Morgan fingerprint density at radius 3 is 2.73 bits per heavy atom. The van der Waals surface area contributed by atoms with Gasteiger partial charge in [-0.3, -0.25) is 9.59 Å². The summed E-state index contributed by atoms with van der Waals surface area (Å²) in [5.74, 6) is -1.51. The van der Waals surface area contributed by atoms with Crippen LogP contribution in [0, 0.1) is 23.7 Å². The first-order valence-electron chi connectivity index (χ1n) is 7.15. The molecule has 3 aliphatic heterocycles. The third kappa shape index (κ3) is 1.47. The van der Waals surface area contributed by atoms with Crippen molar-refractivity contribution < 1.29 is 14.3 Å². The lowest BCUT2D eigenvalue weighted by Gasteiger charge is -2.24. The summed E-state index contributed by atoms with van der Waals surface area (Å²) in [6.07, 6.45) is 3.37. The molecule has 2 fully saturated rings. The average molecular weight is 298 g/mol. The highest BCUT2D eigenvalue weighted by molar-refractivity contribution is 6.23. The fourth-order valence-corrected chi connectivity index (χ4v) is 3.74. The van der Waals surface area contributed by atoms with E-state index in [1.54, 1.807) is 19.1 Å². The van der Waals surface area contributed by atoms with Crippen molar-refractivity contribution in [3.63, 3.8) is 0 Å². The zero-order valence-corrected chi connectivity index (χ0v) is 12.1. The first-order valence-corrected chi connectivity index (χ1v) is 7.15. The van der Waals surface area contributed by atoms with Crippen LogP contribution in [0.1, 0.15) is 12.5 Å². The highest BCUT2D eigenvalue weighted by Gasteiger charge is 2.66. The molecule has 1 aromatic carbocycles. The molecule has 2 amide bonds. The number of carbonyl (C=O) groups excluding carboxylic acids is 2. The van der Waals surface area contributed by atoms with E-state index in [-0.39, 0.29) is 23.6 Å². The largest absolute Gasteiger partial charge is 0.362 e. The van der Waals surface area contributed by atoms with Gasteiger partial charge in [0.1, 0.15) is 5.69 Å². The Bertz CT molecular complexity index is 757. The predicted octanol–water partition coefficient (Wildman–Crippen LogP) is 2.23. The molecule has 0 aromatic heterocycles. The number of fused-ring (bicyclic) bond motifs is 5. The van der Waals surface area contributed by atoms with E-state index in [9.17, 15) is 14.5 Å². The van der Waals surface area contributed by atoms with Gasteiger partial charge in [-0.05, 0) is 36.7 Å². The van der Waals surface area contributed by atoms with Crippen molar-refractivity contribution in [3.8, 4) is 0 Å². The number of aryl methyl sites for hydroxylation is 1. The number of anilines is 1. The topological polar surface area (TPSA) is 76.0 Å². The second-order valence-electron chi connectivity index (χ2n) is 6.20. The van der Waals surface area contributed by atoms with Crippen LogP contribution in [-0.2, 0) is 14.3 Å². The van der Waals surface area contributed by atoms with Crippen LogP contribution in [0.3, 0.4) is 0 Å². The van der Waals surface area contributed by atoms with Gasteiger partial charge in [0, 0.05) is 0 Å². The van der Waals surface area contributed by atoms with E-state index in [1.807, 2.05) is 19.1 Å². The van der Waals surface area contributed by atoms with Crippen molar-refractivity contribution in [3.05, 3.63) is 40.8 Å². The maximum absolute atomic E-state index is 12.8. The van der Waals surface area contributed by atoms with Crippen LogP contribution in [0.25, 0.3) is 0 Å². The summed E-state index contributed by atoms with van der Waals surface area (Å²) in [5.41, 5.74) is 0.620. The lowest BCUT2D eigenvalue weighted by molar-refractivity contribution is -0.126. The zero-order chi connectivity index (χ0) is 15.6. The number of rotatable bonds is 2. The number of hydrogen-bond donors (Lipinski definition) is 0. The maximum Gasteiger partial charge on any atom is 0.241 e. The highest BCUT2D eigenvalue weighted by Crippen LogP contribution is 2.52. The van der Waals surface area contributed by atoms with Gasteiger partial charge in [-0.1, -0.05) is 18.2 Å². The molecule has 6 nitrogen and oxygen atoms in total. The van der Waals surface area contributed by atoms with Crippen LogP contribution in [-0.4, -0.2) is 23.5 Å². The molecule has 112 valence electrons. The molecular formula is C16H14N2O4. The zero-order valence-electron chi connectivity index (χ0n) is 12.1. The Balaban J connectivity index is 1.78. The molecule has 22 heavy (non-hydrogen) atoms. The lowest BCUT2D eigenvalue weighted by Crippen LogP contribution is -2.38. The standard InChI is InChI=1S/C16H14N2O4/c1-8-3-4-9(7-10(8)17-21)18-14(19)12-11-5-6-16(2,22-11)13(12)15(18)20/h3-7,11-13H,1-2H3. The van der Waals surface area contributed by atoms with E-state index < -0.39 is 17.4 Å². The Kier molecular flexibility index (Phi) is 2.49. The van der Waals surface area contributed by atoms with Crippen LogP contribution >= 0.6 is 0 Å².